The van der Waals surface area contributed by atoms with Crippen LogP contribution in [0.15, 0.2) is 53.0 Å². The second kappa shape index (κ2) is 11.2. The molecular formula is C22H26BrClN2O3. The quantitative estimate of drug-likeness (QED) is 0.559. The van der Waals surface area contributed by atoms with Gasteiger partial charge in [0.2, 0.25) is 5.91 Å². The molecule has 0 radical (unpaired) electrons. The number of hydrogen-bond acceptors (Lipinski definition) is 3. The van der Waals surface area contributed by atoms with Gasteiger partial charge in [0.1, 0.15) is 11.8 Å². The number of nitrogens with one attached hydrogen (secondary N) is 1. The number of halogens is 2. The topological polar surface area (TPSA) is 58.6 Å². The van der Waals surface area contributed by atoms with Gasteiger partial charge in [-0.3, -0.25) is 9.59 Å². The molecule has 2 aromatic rings. The van der Waals surface area contributed by atoms with E-state index < -0.39 is 6.04 Å². The molecule has 0 aliphatic rings. The van der Waals surface area contributed by atoms with Crippen molar-refractivity contribution in [2.45, 2.75) is 45.8 Å². The molecule has 0 saturated carbocycles. The van der Waals surface area contributed by atoms with Crippen molar-refractivity contribution < 1.29 is 14.3 Å². The molecule has 29 heavy (non-hydrogen) atoms. The Labute approximate surface area is 185 Å². The van der Waals surface area contributed by atoms with Crippen LogP contribution in [-0.2, 0) is 16.1 Å². The minimum absolute atomic E-state index is 0.0399. The number of carbonyl (C=O) groups is 2. The van der Waals surface area contributed by atoms with Gasteiger partial charge in [0.15, 0.2) is 6.61 Å². The Morgan fingerprint density at radius 2 is 1.86 bits per heavy atom. The third-order valence-electron chi connectivity index (χ3n) is 4.59. The van der Waals surface area contributed by atoms with Crippen LogP contribution in [0.2, 0.25) is 5.02 Å². The van der Waals surface area contributed by atoms with E-state index in [4.69, 9.17) is 16.3 Å². The lowest BCUT2D eigenvalue weighted by molar-refractivity contribution is -0.142. The molecule has 1 N–H and O–H groups in total. The van der Waals surface area contributed by atoms with Gasteiger partial charge in [-0.05, 0) is 62.2 Å². The molecule has 0 fully saturated rings. The monoisotopic (exact) mass is 480 g/mol. The van der Waals surface area contributed by atoms with E-state index in [-0.39, 0.29) is 24.5 Å². The Bertz CT molecular complexity index is 829. The van der Waals surface area contributed by atoms with Crippen molar-refractivity contribution in [1.29, 1.82) is 0 Å². The lowest BCUT2D eigenvalue weighted by atomic mass is 10.1. The van der Waals surface area contributed by atoms with Gasteiger partial charge in [0, 0.05) is 22.1 Å². The van der Waals surface area contributed by atoms with Crippen molar-refractivity contribution in [3.8, 4) is 5.75 Å². The Morgan fingerprint density at radius 3 is 2.48 bits per heavy atom. The van der Waals surface area contributed by atoms with E-state index in [1.807, 2.05) is 38.1 Å². The zero-order chi connectivity index (χ0) is 21.4. The Hall–Kier alpha value is -2.05. The summed E-state index contributed by atoms with van der Waals surface area (Å²) in [7, 11) is 0. The number of carbonyl (C=O) groups excluding carboxylic acids is 2. The summed E-state index contributed by atoms with van der Waals surface area (Å²) in [5.41, 5.74) is 0.919. The molecule has 0 heterocycles. The lowest BCUT2D eigenvalue weighted by Gasteiger charge is -2.29. The molecule has 0 bridgehead atoms. The van der Waals surface area contributed by atoms with Crippen molar-refractivity contribution in [1.82, 2.24) is 10.2 Å². The van der Waals surface area contributed by atoms with Crippen molar-refractivity contribution >= 4 is 39.3 Å². The largest absolute Gasteiger partial charge is 0.484 e. The summed E-state index contributed by atoms with van der Waals surface area (Å²) in [6, 6.07) is 13.9. The van der Waals surface area contributed by atoms with Gasteiger partial charge in [-0.2, -0.15) is 0 Å². The van der Waals surface area contributed by atoms with Crippen LogP contribution in [0.5, 0.6) is 5.75 Å². The maximum Gasteiger partial charge on any atom is 0.261 e. The summed E-state index contributed by atoms with van der Waals surface area (Å²) in [4.78, 5) is 27.2. The van der Waals surface area contributed by atoms with Gasteiger partial charge >= 0.3 is 0 Å². The van der Waals surface area contributed by atoms with Gasteiger partial charge < -0.3 is 15.0 Å². The molecule has 0 unspecified atom stereocenters. The van der Waals surface area contributed by atoms with E-state index in [0.29, 0.717) is 17.3 Å². The first-order valence-corrected chi connectivity index (χ1v) is 10.7. The van der Waals surface area contributed by atoms with Crippen LogP contribution < -0.4 is 10.1 Å². The van der Waals surface area contributed by atoms with Crippen molar-refractivity contribution in [3.05, 3.63) is 63.6 Å². The summed E-state index contributed by atoms with van der Waals surface area (Å²) in [5.74, 6) is 0.0859. The molecule has 2 atom stereocenters. The number of rotatable bonds is 9. The molecule has 7 heteroatoms. The third-order valence-corrected chi connectivity index (χ3v) is 5.33. The van der Waals surface area contributed by atoms with E-state index in [1.54, 1.807) is 31.2 Å². The molecule has 2 aromatic carbocycles. The molecule has 0 spiro atoms. The third kappa shape index (κ3) is 7.37. The maximum atomic E-state index is 13.0. The van der Waals surface area contributed by atoms with Gasteiger partial charge in [-0.1, -0.05) is 46.6 Å². The highest BCUT2D eigenvalue weighted by atomic mass is 79.9. The first-order chi connectivity index (χ1) is 13.8. The van der Waals surface area contributed by atoms with Crippen LogP contribution in [0.3, 0.4) is 0 Å². The predicted octanol–water partition coefficient (Wildman–Crippen LogP) is 4.81. The summed E-state index contributed by atoms with van der Waals surface area (Å²) in [6.07, 6.45) is 0.817. The van der Waals surface area contributed by atoms with Crippen molar-refractivity contribution in [3.63, 3.8) is 0 Å². The van der Waals surface area contributed by atoms with Gasteiger partial charge in [0.05, 0.1) is 0 Å². The molecule has 2 rings (SSSR count). The van der Waals surface area contributed by atoms with Crippen LogP contribution >= 0.6 is 27.5 Å². The average molecular weight is 482 g/mol. The van der Waals surface area contributed by atoms with E-state index in [2.05, 4.69) is 21.2 Å². The SMILES string of the molecule is CC[C@@H](C)NC(=O)[C@@H](C)N(Cc1cccc(Br)c1)C(=O)COc1ccc(Cl)cc1. The highest BCUT2D eigenvalue weighted by Crippen LogP contribution is 2.18. The van der Waals surface area contributed by atoms with Crippen LogP contribution in [0.25, 0.3) is 0 Å². The fraction of sp³-hybridized carbons (Fsp3) is 0.364. The number of amides is 2. The predicted molar refractivity (Wildman–Crippen MR) is 119 cm³/mol. The van der Waals surface area contributed by atoms with Crippen LogP contribution in [-0.4, -0.2) is 35.4 Å². The van der Waals surface area contributed by atoms with Crippen LogP contribution in [0.4, 0.5) is 0 Å². The first-order valence-electron chi connectivity index (χ1n) is 9.52. The summed E-state index contributed by atoms with van der Waals surface area (Å²) < 4.78 is 6.52. The van der Waals surface area contributed by atoms with Crippen LogP contribution in [0, 0.1) is 0 Å². The highest BCUT2D eigenvalue weighted by Gasteiger charge is 2.27. The van der Waals surface area contributed by atoms with E-state index in [0.717, 1.165) is 16.5 Å². The van der Waals surface area contributed by atoms with E-state index in [9.17, 15) is 9.59 Å². The average Bonchev–Trinajstić information content (AvgIpc) is 2.70. The van der Waals surface area contributed by atoms with Crippen LogP contribution in [0.1, 0.15) is 32.8 Å². The van der Waals surface area contributed by atoms with Gasteiger partial charge in [-0.25, -0.2) is 0 Å². The molecule has 0 aliphatic heterocycles. The Balaban J connectivity index is 2.14. The zero-order valence-corrected chi connectivity index (χ0v) is 19.2. The number of ether oxygens (including phenoxy) is 1. The highest BCUT2D eigenvalue weighted by molar-refractivity contribution is 9.10. The smallest absolute Gasteiger partial charge is 0.261 e. The van der Waals surface area contributed by atoms with Crippen molar-refractivity contribution in [2.75, 3.05) is 6.61 Å². The summed E-state index contributed by atoms with van der Waals surface area (Å²) >= 11 is 9.32. The summed E-state index contributed by atoms with van der Waals surface area (Å²) in [5, 5.41) is 3.54. The lowest BCUT2D eigenvalue weighted by Crippen LogP contribution is -2.50. The van der Waals surface area contributed by atoms with E-state index >= 15 is 0 Å². The van der Waals surface area contributed by atoms with E-state index in [1.165, 1.54) is 4.90 Å². The molecule has 2 amide bonds. The molecule has 0 saturated heterocycles. The fourth-order valence-electron chi connectivity index (χ4n) is 2.64. The molecule has 156 valence electrons. The Kier molecular flexibility index (Phi) is 8.99. The minimum Gasteiger partial charge on any atom is -0.484 e. The number of nitrogens with zero attached hydrogens (tertiary/aromatic N) is 1. The first kappa shape index (κ1) is 23.2. The second-order valence-electron chi connectivity index (χ2n) is 6.89. The standard InChI is InChI=1S/C22H26BrClN2O3/c1-4-15(2)25-22(28)16(3)26(13-17-6-5-7-18(23)12-17)21(27)14-29-20-10-8-19(24)9-11-20/h5-12,15-16H,4,13-14H2,1-3H3,(H,25,28)/t15-,16-/m1/s1. The molecule has 0 aliphatic carbocycles. The molecular weight excluding hydrogens is 456 g/mol. The van der Waals surface area contributed by atoms with Gasteiger partial charge in [0.25, 0.3) is 5.91 Å². The number of hydrogen-bond donors (Lipinski definition) is 1. The molecule has 0 aromatic heterocycles. The van der Waals surface area contributed by atoms with Crippen molar-refractivity contribution in [2.24, 2.45) is 0 Å². The zero-order valence-electron chi connectivity index (χ0n) is 16.8. The van der Waals surface area contributed by atoms with Gasteiger partial charge in [-0.15, -0.1) is 0 Å². The minimum atomic E-state index is -0.635. The summed E-state index contributed by atoms with van der Waals surface area (Å²) in [6.45, 7) is 5.80. The second-order valence-corrected chi connectivity index (χ2v) is 8.24. The number of benzene rings is 2. The molecule has 5 nitrogen and oxygen atoms in total. The maximum absolute atomic E-state index is 13.0. The fourth-order valence-corrected chi connectivity index (χ4v) is 3.21. The normalized spacial score (nSPS) is 12.7. The Morgan fingerprint density at radius 1 is 1.17 bits per heavy atom.